The average molecular weight is 281 g/mol. The van der Waals surface area contributed by atoms with E-state index >= 15 is 0 Å². The monoisotopic (exact) mass is 281 g/mol. The van der Waals surface area contributed by atoms with Crippen molar-refractivity contribution in [2.75, 3.05) is 26.2 Å². The number of nitrogens with one attached hydrogen (secondary N) is 1. The van der Waals surface area contributed by atoms with E-state index < -0.39 is 0 Å². The third-order valence-electron chi connectivity index (χ3n) is 5.11. The van der Waals surface area contributed by atoms with Gasteiger partial charge in [-0.25, -0.2) is 0 Å². The molecule has 4 heteroatoms. The van der Waals surface area contributed by atoms with Gasteiger partial charge in [0.15, 0.2) is 0 Å². The predicted molar refractivity (Wildman–Crippen MR) is 82.4 cm³/mol. The van der Waals surface area contributed by atoms with Crippen LogP contribution in [0.4, 0.5) is 0 Å². The molecular formula is C16H31N3O. The summed E-state index contributed by atoms with van der Waals surface area (Å²) in [5.74, 6) is 1.64. The molecule has 1 aliphatic carbocycles. The fourth-order valence-corrected chi connectivity index (χ4v) is 3.66. The molecule has 2 aliphatic rings. The Morgan fingerprint density at radius 1 is 1.20 bits per heavy atom. The van der Waals surface area contributed by atoms with Crippen LogP contribution in [0, 0.1) is 11.8 Å². The Hall–Kier alpha value is -0.610. The Morgan fingerprint density at radius 3 is 2.55 bits per heavy atom. The van der Waals surface area contributed by atoms with Gasteiger partial charge in [0.05, 0.1) is 6.54 Å². The number of rotatable bonds is 5. The molecule has 2 atom stereocenters. The predicted octanol–water partition coefficient (Wildman–Crippen LogP) is 1.74. The number of likely N-dealkylation sites (tertiary alicyclic amines) is 1. The molecule has 0 spiro atoms. The maximum atomic E-state index is 12.2. The fourth-order valence-electron chi connectivity index (χ4n) is 3.66. The first-order valence-electron chi connectivity index (χ1n) is 8.41. The summed E-state index contributed by atoms with van der Waals surface area (Å²) in [4.78, 5) is 14.5. The van der Waals surface area contributed by atoms with Gasteiger partial charge in [-0.2, -0.15) is 0 Å². The van der Waals surface area contributed by atoms with Crippen molar-refractivity contribution < 1.29 is 4.79 Å². The van der Waals surface area contributed by atoms with Crippen LogP contribution in [0.25, 0.3) is 0 Å². The molecule has 2 rings (SSSR count). The summed E-state index contributed by atoms with van der Waals surface area (Å²) in [6, 6.07) is 0.408. The van der Waals surface area contributed by atoms with Crippen LogP contribution in [-0.2, 0) is 4.79 Å². The molecule has 116 valence electrons. The first-order valence-corrected chi connectivity index (χ1v) is 8.41. The average Bonchev–Trinajstić information content (AvgIpc) is 2.44. The van der Waals surface area contributed by atoms with Crippen molar-refractivity contribution in [1.29, 1.82) is 0 Å². The van der Waals surface area contributed by atoms with Crippen LogP contribution in [0.1, 0.15) is 51.9 Å². The molecular weight excluding hydrogens is 250 g/mol. The smallest absolute Gasteiger partial charge is 0.234 e. The van der Waals surface area contributed by atoms with Gasteiger partial charge in [-0.05, 0) is 63.6 Å². The van der Waals surface area contributed by atoms with Gasteiger partial charge in [0.1, 0.15) is 0 Å². The van der Waals surface area contributed by atoms with Crippen molar-refractivity contribution >= 4 is 5.91 Å². The highest BCUT2D eigenvalue weighted by molar-refractivity contribution is 5.78. The molecule has 0 aromatic heterocycles. The normalized spacial score (nSPS) is 29.3. The third-order valence-corrected chi connectivity index (χ3v) is 5.11. The Balaban J connectivity index is 1.67. The van der Waals surface area contributed by atoms with Gasteiger partial charge in [-0.3, -0.25) is 9.69 Å². The highest BCUT2D eigenvalue weighted by Gasteiger charge is 2.25. The second-order valence-electron chi connectivity index (χ2n) is 6.73. The number of nitrogens with zero attached hydrogens (tertiary/aromatic N) is 1. The van der Waals surface area contributed by atoms with E-state index in [-0.39, 0.29) is 5.91 Å². The minimum absolute atomic E-state index is 0.223. The number of nitrogens with two attached hydrogens (primary N) is 1. The van der Waals surface area contributed by atoms with E-state index in [0.717, 1.165) is 38.4 Å². The van der Waals surface area contributed by atoms with Crippen LogP contribution in [0.2, 0.25) is 0 Å². The maximum absolute atomic E-state index is 12.2. The quantitative estimate of drug-likeness (QED) is 0.807. The number of amides is 1. The van der Waals surface area contributed by atoms with E-state index in [1.165, 1.54) is 32.1 Å². The Kier molecular flexibility index (Phi) is 6.30. The molecule has 1 aliphatic heterocycles. The van der Waals surface area contributed by atoms with Crippen molar-refractivity contribution in [2.45, 2.75) is 57.9 Å². The summed E-state index contributed by atoms with van der Waals surface area (Å²) >= 11 is 0. The van der Waals surface area contributed by atoms with E-state index in [4.69, 9.17) is 5.73 Å². The molecule has 2 unspecified atom stereocenters. The molecule has 0 radical (unpaired) electrons. The molecule has 3 N–H and O–H groups in total. The highest BCUT2D eigenvalue weighted by atomic mass is 16.2. The zero-order valence-electron chi connectivity index (χ0n) is 12.9. The first kappa shape index (κ1) is 15.8. The molecule has 2 fully saturated rings. The number of hydrogen-bond donors (Lipinski definition) is 2. The van der Waals surface area contributed by atoms with Gasteiger partial charge in [0.25, 0.3) is 0 Å². The van der Waals surface area contributed by atoms with Crippen molar-refractivity contribution in [3.8, 4) is 0 Å². The highest BCUT2D eigenvalue weighted by Crippen LogP contribution is 2.24. The molecule has 1 saturated carbocycles. The zero-order valence-corrected chi connectivity index (χ0v) is 12.9. The van der Waals surface area contributed by atoms with Crippen LogP contribution in [0.3, 0.4) is 0 Å². The lowest BCUT2D eigenvalue weighted by Crippen LogP contribution is -2.47. The van der Waals surface area contributed by atoms with Gasteiger partial charge in [0.2, 0.25) is 5.91 Å². The van der Waals surface area contributed by atoms with Crippen molar-refractivity contribution in [1.82, 2.24) is 10.2 Å². The number of hydrogen-bond acceptors (Lipinski definition) is 3. The van der Waals surface area contributed by atoms with Crippen LogP contribution in [0.5, 0.6) is 0 Å². The first-order chi connectivity index (χ1) is 9.69. The molecule has 0 aromatic rings. The van der Waals surface area contributed by atoms with E-state index in [1.54, 1.807) is 0 Å². The van der Waals surface area contributed by atoms with Crippen LogP contribution in [-0.4, -0.2) is 43.0 Å². The number of piperidine rings is 1. The molecule has 1 amide bonds. The van der Waals surface area contributed by atoms with Crippen LogP contribution >= 0.6 is 0 Å². The topological polar surface area (TPSA) is 58.4 Å². The van der Waals surface area contributed by atoms with E-state index in [0.29, 0.717) is 18.5 Å². The lowest BCUT2D eigenvalue weighted by Gasteiger charge is -2.33. The third kappa shape index (κ3) is 4.74. The standard InChI is InChI=1S/C16H31N3O/c1-13-4-2-3-5-15(13)18-16(20)12-19-10-7-14(6-9-17)8-11-19/h13-15H,2-12,17H2,1H3,(H,18,20). The van der Waals surface area contributed by atoms with E-state index in [9.17, 15) is 4.79 Å². The number of carbonyl (C=O) groups excluding carboxylic acids is 1. The zero-order chi connectivity index (χ0) is 14.4. The molecule has 0 bridgehead atoms. The molecule has 1 heterocycles. The lowest BCUT2D eigenvalue weighted by atomic mass is 9.86. The largest absolute Gasteiger partial charge is 0.352 e. The van der Waals surface area contributed by atoms with Crippen LogP contribution < -0.4 is 11.1 Å². The summed E-state index contributed by atoms with van der Waals surface area (Å²) in [5.41, 5.74) is 5.61. The van der Waals surface area contributed by atoms with Crippen molar-refractivity contribution in [3.63, 3.8) is 0 Å². The summed E-state index contributed by atoms with van der Waals surface area (Å²) in [6.45, 7) is 5.75. The van der Waals surface area contributed by atoms with Crippen molar-refractivity contribution in [3.05, 3.63) is 0 Å². The van der Waals surface area contributed by atoms with E-state index in [2.05, 4.69) is 17.1 Å². The van der Waals surface area contributed by atoms with Gasteiger partial charge in [0, 0.05) is 6.04 Å². The number of carbonyl (C=O) groups is 1. The molecule has 20 heavy (non-hydrogen) atoms. The second kappa shape index (κ2) is 7.99. The summed E-state index contributed by atoms with van der Waals surface area (Å²) in [5, 5.41) is 3.25. The fraction of sp³-hybridized carbons (Fsp3) is 0.938. The Morgan fingerprint density at radius 2 is 1.90 bits per heavy atom. The minimum Gasteiger partial charge on any atom is -0.352 e. The lowest BCUT2D eigenvalue weighted by molar-refractivity contribution is -0.123. The minimum atomic E-state index is 0.223. The Labute approximate surface area is 123 Å². The molecule has 1 saturated heterocycles. The SMILES string of the molecule is CC1CCCCC1NC(=O)CN1CCC(CCN)CC1. The molecule has 4 nitrogen and oxygen atoms in total. The maximum Gasteiger partial charge on any atom is 0.234 e. The van der Waals surface area contributed by atoms with Gasteiger partial charge in [-0.15, -0.1) is 0 Å². The van der Waals surface area contributed by atoms with Gasteiger partial charge in [-0.1, -0.05) is 19.8 Å². The van der Waals surface area contributed by atoms with Gasteiger partial charge >= 0.3 is 0 Å². The van der Waals surface area contributed by atoms with Crippen LogP contribution in [0.15, 0.2) is 0 Å². The Bertz CT molecular complexity index is 300. The van der Waals surface area contributed by atoms with Gasteiger partial charge < -0.3 is 11.1 Å². The summed E-state index contributed by atoms with van der Waals surface area (Å²) < 4.78 is 0. The summed E-state index contributed by atoms with van der Waals surface area (Å²) in [7, 11) is 0. The second-order valence-corrected chi connectivity index (χ2v) is 6.73. The summed E-state index contributed by atoms with van der Waals surface area (Å²) in [6.07, 6.45) is 8.54. The van der Waals surface area contributed by atoms with Crippen molar-refractivity contribution in [2.24, 2.45) is 17.6 Å². The van der Waals surface area contributed by atoms with E-state index in [1.807, 2.05) is 0 Å². The molecule has 0 aromatic carbocycles.